The average Bonchev–Trinajstić information content (AvgIpc) is 2.83. The van der Waals surface area contributed by atoms with E-state index in [-0.39, 0.29) is 24.7 Å². The zero-order valence-corrected chi connectivity index (χ0v) is 14.8. The predicted octanol–water partition coefficient (Wildman–Crippen LogP) is 1.84. The second-order valence-corrected chi connectivity index (χ2v) is 7.22. The van der Waals surface area contributed by atoms with Gasteiger partial charge < -0.3 is 4.74 Å². The molecule has 0 radical (unpaired) electrons. The van der Waals surface area contributed by atoms with Crippen molar-refractivity contribution in [3.8, 4) is 17.6 Å². The third kappa shape index (κ3) is 5.15. The molecule has 23 heavy (non-hydrogen) atoms. The Morgan fingerprint density at radius 2 is 2.13 bits per heavy atom. The van der Waals surface area contributed by atoms with Crippen LogP contribution in [0.5, 0.6) is 5.88 Å². The van der Waals surface area contributed by atoms with Crippen molar-refractivity contribution in [3.05, 3.63) is 39.3 Å². The molecule has 0 saturated heterocycles. The maximum absolute atomic E-state index is 13.5. The summed E-state index contributed by atoms with van der Waals surface area (Å²) in [6.07, 6.45) is 2.55. The van der Waals surface area contributed by atoms with E-state index in [1.165, 1.54) is 16.8 Å². The number of benzene rings is 1. The SMILES string of the molecule is CS(=O)(=O)OCCOc1nn(-c2cc(F)cc(C#N)c2)cc1I. The minimum absolute atomic E-state index is 0.00726. The van der Waals surface area contributed by atoms with Crippen LogP contribution in [0.4, 0.5) is 4.39 Å². The number of nitrogens with zero attached hydrogens (tertiary/aromatic N) is 3. The van der Waals surface area contributed by atoms with Crippen molar-refractivity contribution in [2.75, 3.05) is 19.5 Å². The van der Waals surface area contributed by atoms with Gasteiger partial charge in [-0.25, -0.2) is 9.07 Å². The molecule has 7 nitrogen and oxygen atoms in total. The summed E-state index contributed by atoms with van der Waals surface area (Å²) in [5, 5.41) is 13.0. The van der Waals surface area contributed by atoms with Crippen LogP contribution in [0.25, 0.3) is 5.69 Å². The van der Waals surface area contributed by atoms with Crippen LogP contribution >= 0.6 is 22.6 Å². The van der Waals surface area contributed by atoms with E-state index >= 15 is 0 Å². The third-order valence-corrected chi connectivity index (χ3v) is 3.87. The van der Waals surface area contributed by atoms with Gasteiger partial charge in [-0.3, -0.25) is 4.18 Å². The van der Waals surface area contributed by atoms with Crippen LogP contribution in [0, 0.1) is 20.7 Å². The van der Waals surface area contributed by atoms with Gasteiger partial charge in [-0.05, 0) is 40.8 Å². The van der Waals surface area contributed by atoms with E-state index in [1.807, 2.05) is 28.7 Å². The smallest absolute Gasteiger partial charge is 0.264 e. The molecular formula is C13H11FIN3O4S. The minimum atomic E-state index is -3.52. The van der Waals surface area contributed by atoms with Crippen LogP contribution in [0.3, 0.4) is 0 Å². The van der Waals surface area contributed by atoms with Gasteiger partial charge in [-0.15, -0.1) is 5.10 Å². The molecule has 0 saturated carbocycles. The van der Waals surface area contributed by atoms with Crippen molar-refractivity contribution in [2.24, 2.45) is 0 Å². The molecule has 2 aromatic rings. The summed E-state index contributed by atoms with van der Waals surface area (Å²) in [5.74, 6) is -0.293. The first-order chi connectivity index (χ1) is 10.8. The lowest BCUT2D eigenvalue weighted by Crippen LogP contribution is -2.11. The van der Waals surface area contributed by atoms with E-state index in [0.717, 1.165) is 12.3 Å². The van der Waals surface area contributed by atoms with Gasteiger partial charge in [0, 0.05) is 6.20 Å². The molecule has 0 fully saturated rings. The maximum atomic E-state index is 13.5. The van der Waals surface area contributed by atoms with Gasteiger partial charge >= 0.3 is 0 Å². The second-order valence-electron chi connectivity index (χ2n) is 4.41. The van der Waals surface area contributed by atoms with Crippen LogP contribution < -0.4 is 4.74 Å². The molecule has 0 atom stereocenters. The highest BCUT2D eigenvalue weighted by atomic mass is 127. The molecule has 0 bridgehead atoms. The molecule has 0 aliphatic rings. The number of halogens is 2. The summed E-state index contributed by atoms with van der Waals surface area (Å²) in [4.78, 5) is 0. The zero-order chi connectivity index (χ0) is 17.0. The van der Waals surface area contributed by atoms with Gasteiger partial charge in [0.05, 0.1) is 27.1 Å². The summed E-state index contributed by atoms with van der Waals surface area (Å²) < 4.78 is 47.0. The van der Waals surface area contributed by atoms with Gasteiger partial charge in [0.1, 0.15) is 19.0 Å². The molecule has 0 N–H and O–H groups in total. The Morgan fingerprint density at radius 3 is 2.78 bits per heavy atom. The summed E-state index contributed by atoms with van der Waals surface area (Å²) in [5.41, 5.74) is 0.552. The number of rotatable bonds is 6. The molecule has 0 aliphatic heterocycles. The maximum Gasteiger partial charge on any atom is 0.264 e. The first-order valence-electron chi connectivity index (χ1n) is 6.22. The van der Waals surface area contributed by atoms with E-state index in [4.69, 9.17) is 10.00 Å². The fourth-order valence-corrected chi connectivity index (χ4v) is 2.56. The average molecular weight is 451 g/mol. The van der Waals surface area contributed by atoms with Gasteiger partial charge in [0.25, 0.3) is 10.1 Å². The van der Waals surface area contributed by atoms with Crippen LogP contribution in [-0.4, -0.2) is 37.7 Å². The lowest BCUT2D eigenvalue weighted by molar-refractivity contribution is 0.215. The lowest BCUT2D eigenvalue weighted by atomic mass is 10.2. The highest BCUT2D eigenvalue weighted by Gasteiger charge is 2.11. The molecule has 1 heterocycles. The summed E-state index contributed by atoms with van der Waals surface area (Å²) in [7, 11) is -3.52. The predicted molar refractivity (Wildman–Crippen MR) is 87.2 cm³/mol. The van der Waals surface area contributed by atoms with Crippen molar-refractivity contribution >= 4 is 32.7 Å². The molecule has 0 aliphatic carbocycles. The molecule has 2 rings (SSSR count). The minimum Gasteiger partial charge on any atom is -0.473 e. The molecule has 10 heteroatoms. The Hall–Kier alpha value is -1.71. The van der Waals surface area contributed by atoms with E-state index in [1.54, 1.807) is 6.20 Å². The normalized spacial score (nSPS) is 11.2. The number of hydrogen-bond acceptors (Lipinski definition) is 6. The first kappa shape index (κ1) is 17.6. The molecule has 1 aromatic heterocycles. The summed E-state index contributed by atoms with van der Waals surface area (Å²) in [6.45, 7) is -0.146. The first-order valence-corrected chi connectivity index (χ1v) is 9.11. The topological polar surface area (TPSA) is 94.2 Å². The number of hydrogen-bond donors (Lipinski definition) is 0. The number of nitriles is 1. The van der Waals surface area contributed by atoms with Gasteiger partial charge in [0.2, 0.25) is 5.88 Å². The second kappa shape index (κ2) is 7.24. The lowest BCUT2D eigenvalue weighted by Gasteiger charge is -2.04. The van der Waals surface area contributed by atoms with Gasteiger partial charge in [0.15, 0.2) is 0 Å². The van der Waals surface area contributed by atoms with Crippen molar-refractivity contribution in [3.63, 3.8) is 0 Å². The molecule has 0 unspecified atom stereocenters. The third-order valence-electron chi connectivity index (χ3n) is 2.53. The van der Waals surface area contributed by atoms with Crippen LogP contribution in [0.15, 0.2) is 24.4 Å². The van der Waals surface area contributed by atoms with E-state index in [9.17, 15) is 12.8 Å². The summed E-state index contributed by atoms with van der Waals surface area (Å²) >= 11 is 1.98. The van der Waals surface area contributed by atoms with Crippen LogP contribution in [0.2, 0.25) is 0 Å². The Morgan fingerprint density at radius 1 is 1.39 bits per heavy atom. The Balaban J connectivity index is 2.12. The van der Waals surface area contributed by atoms with Gasteiger partial charge in [-0.2, -0.15) is 13.7 Å². The molecule has 0 spiro atoms. The molecule has 0 amide bonds. The monoisotopic (exact) mass is 451 g/mol. The summed E-state index contributed by atoms with van der Waals surface area (Å²) in [6, 6.07) is 5.72. The molecule has 1 aromatic carbocycles. The van der Waals surface area contributed by atoms with Crippen molar-refractivity contribution in [2.45, 2.75) is 0 Å². The van der Waals surface area contributed by atoms with Crippen LogP contribution in [-0.2, 0) is 14.3 Å². The molecule has 122 valence electrons. The Bertz CT molecular complexity index is 861. The molecular weight excluding hydrogens is 440 g/mol. The highest BCUT2D eigenvalue weighted by molar-refractivity contribution is 14.1. The fraction of sp³-hybridized carbons (Fsp3) is 0.231. The Kier molecular flexibility index (Phi) is 5.55. The van der Waals surface area contributed by atoms with E-state index < -0.39 is 15.9 Å². The van der Waals surface area contributed by atoms with Crippen LogP contribution in [0.1, 0.15) is 5.56 Å². The van der Waals surface area contributed by atoms with Crippen molar-refractivity contribution in [1.82, 2.24) is 9.78 Å². The van der Waals surface area contributed by atoms with E-state index in [2.05, 4.69) is 9.28 Å². The standard InChI is InChI=1S/C13H11FIN3O4S/c1-23(19,20)22-3-2-21-13-12(15)8-18(17-13)11-5-9(7-16)4-10(14)6-11/h4-6,8H,2-3H2,1H3. The quantitative estimate of drug-likeness (QED) is 0.378. The fourth-order valence-electron chi connectivity index (χ4n) is 1.66. The number of ether oxygens (including phenoxy) is 1. The highest BCUT2D eigenvalue weighted by Crippen LogP contribution is 2.22. The zero-order valence-electron chi connectivity index (χ0n) is 11.9. The Labute approximate surface area is 145 Å². The van der Waals surface area contributed by atoms with Crippen molar-refractivity contribution in [1.29, 1.82) is 5.26 Å². The largest absolute Gasteiger partial charge is 0.473 e. The van der Waals surface area contributed by atoms with E-state index in [0.29, 0.717) is 9.26 Å². The van der Waals surface area contributed by atoms with Crippen molar-refractivity contribution < 1.29 is 21.7 Å². The number of aromatic nitrogens is 2. The van der Waals surface area contributed by atoms with Gasteiger partial charge in [-0.1, -0.05) is 0 Å².